The first-order valence-electron chi connectivity index (χ1n) is 10.3. The third kappa shape index (κ3) is 2.06. The van der Waals surface area contributed by atoms with E-state index in [2.05, 4.69) is 32.6 Å². The standard InChI is InChI=1S/C21H37NO/c1-5-22-14-6-11-19(2)16-9-12-20(3)17(10-13-21(20,4)23)15(16)7-8-18(19)22/h15-18,23H,5-14H2,1-4H3/t15-,16+,17-,18+,19-,20-,21-/m1/s1. The second kappa shape index (κ2) is 5.21. The van der Waals surface area contributed by atoms with Gasteiger partial charge in [-0.05, 0) is 100.0 Å². The Morgan fingerprint density at radius 1 is 0.957 bits per heavy atom. The van der Waals surface area contributed by atoms with Crippen molar-refractivity contribution in [3.05, 3.63) is 0 Å². The van der Waals surface area contributed by atoms with E-state index in [4.69, 9.17) is 0 Å². The maximum absolute atomic E-state index is 11.0. The van der Waals surface area contributed by atoms with Crippen LogP contribution in [0.5, 0.6) is 0 Å². The van der Waals surface area contributed by atoms with Gasteiger partial charge in [0.25, 0.3) is 0 Å². The third-order valence-corrected chi connectivity index (χ3v) is 9.39. The topological polar surface area (TPSA) is 23.5 Å². The zero-order valence-electron chi connectivity index (χ0n) is 15.8. The van der Waals surface area contributed by atoms with E-state index in [0.717, 1.165) is 30.2 Å². The van der Waals surface area contributed by atoms with E-state index < -0.39 is 5.60 Å². The van der Waals surface area contributed by atoms with E-state index in [1.165, 1.54) is 58.0 Å². The fourth-order valence-electron chi connectivity index (χ4n) is 7.83. The summed E-state index contributed by atoms with van der Waals surface area (Å²) in [6.45, 7) is 12.1. The molecule has 0 radical (unpaired) electrons. The molecule has 0 spiro atoms. The Hall–Kier alpha value is -0.0800. The van der Waals surface area contributed by atoms with Gasteiger partial charge in [0, 0.05) is 6.04 Å². The van der Waals surface area contributed by atoms with Crippen LogP contribution < -0.4 is 0 Å². The summed E-state index contributed by atoms with van der Waals surface area (Å²) in [7, 11) is 0. The van der Waals surface area contributed by atoms with Crippen molar-refractivity contribution in [1.29, 1.82) is 0 Å². The van der Waals surface area contributed by atoms with E-state index in [0.29, 0.717) is 5.41 Å². The minimum atomic E-state index is -0.428. The van der Waals surface area contributed by atoms with Crippen molar-refractivity contribution in [2.75, 3.05) is 13.1 Å². The van der Waals surface area contributed by atoms with Crippen molar-refractivity contribution in [3.63, 3.8) is 0 Å². The van der Waals surface area contributed by atoms with Gasteiger partial charge in [0.05, 0.1) is 5.60 Å². The Balaban J connectivity index is 1.65. The molecule has 4 fully saturated rings. The highest BCUT2D eigenvalue weighted by Crippen LogP contribution is 2.66. The molecular formula is C21H37NO. The van der Waals surface area contributed by atoms with Gasteiger partial charge < -0.3 is 10.0 Å². The smallest absolute Gasteiger partial charge is 0.0675 e. The molecule has 2 heteroatoms. The molecule has 0 aromatic heterocycles. The lowest BCUT2D eigenvalue weighted by Crippen LogP contribution is -2.61. The molecule has 1 heterocycles. The molecule has 4 aliphatic rings. The zero-order chi connectivity index (χ0) is 16.5. The lowest BCUT2D eigenvalue weighted by atomic mass is 9.46. The first-order valence-corrected chi connectivity index (χ1v) is 10.3. The minimum Gasteiger partial charge on any atom is -0.390 e. The maximum atomic E-state index is 11.0. The predicted octanol–water partition coefficient (Wildman–Crippen LogP) is 4.46. The first-order chi connectivity index (χ1) is 10.8. The normalized spacial score (nSPS) is 56.7. The Morgan fingerprint density at radius 2 is 1.70 bits per heavy atom. The number of aliphatic hydroxyl groups is 1. The van der Waals surface area contributed by atoms with Crippen LogP contribution in [-0.2, 0) is 0 Å². The molecule has 2 nitrogen and oxygen atoms in total. The molecule has 0 amide bonds. The molecular weight excluding hydrogens is 282 g/mol. The monoisotopic (exact) mass is 319 g/mol. The second-order valence-electron chi connectivity index (χ2n) is 9.98. The molecule has 1 aliphatic heterocycles. The third-order valence-electron chi connectivity index (χ3n) is 9.39. The molecule has 7 atom stereocenters. The van der Waals surface area contributed by atoms with E-state index in [9.17, 15) is 5.11 Å². The van der Waals surface area contributed by atoms with Crippen LogP contribution in [0.4, 0.5) is 0 Å². The largest absolute Gasteiger partial charge is 0.390 e. The SMILES string of the molecule is CCN1CCC[C@@]2(C)[C@@H]1CC[C@H]1[C@H]3CC[C@@](C)(O)[C@]3(C)CC[C@@H]12. The van der Waals surface area contributed by atoms with E-state index >= 15 is 0 Å². The van der Waals surface area contributed by atoms with Gasteiger partial charge in [0.2, 0.25) is 0 Å². The Labute approximate surface area is 143 Å². The predicted molar refractivity (Wildman–Crippen MR) is 95.3 cm³/mol. The lowest BCUT2D eigenvalue weighted by molar-refractivity contribution is -0.153. The number of rotatable bonds is 1. The van der Waals surface area contributed by atoms with Gasteiger partial charge in [-0.3, -0.25) is 0 Å². The minimum absolute atomic E-state index is 0.177. The Kier molecular flexibility index (Phi) is 3.71. The molecule has 132 valence electrons. The molecule has 1 saturated heterocycles. The molecule has 0 bridgehead atoms. The fourth-order valence-corrected chi connectivity index (χ4v) is 7.83. The van der Waals surface area contributed by atoms with E-state index in [1.807, 2.05) is 0 Å². The van der Waals surface area contributed by atoms with Crippen molar-refractivity contribution in [3.8, 4) is 0 Å². The molecule has 23 heavy (non-hydrogen) atoms. The average molecular weight is 320 g/mol. The molecule has 0 aromatic carbocycles. The second-order valence-corrected chi connectivity index (χ2v) is 9.98. The molecule has 4 rings (SSSR count). The maximum Gasteiger partial charge on any atom is 0.0675 e. The summed E-state index contributed by atoms with van der Waals surface area (Å²) in [4.78, 5) is 2.79. The summed E-state index contributed by atoms with van der Waals surface area (Å²) in [6.07, 6.45) is 10.6. The molecule has 0 aromatic rings. The van der Waals surface area contributed by atoms with Crippen LogP contribution in [0.3, 0.4) is 0 Å². The van der Waals surface area contributed by atoms with Gasteiger partial charge in [0.1, 0.15) is 0 Å². The average Bonchev–Trinajstić information content (AvgIpc) is 2.76. The van der Waals surface area contributed by atoms with Gasteiger partial charge in [-0.25, -0.2) is 0 Å². The number of nitrogens with zero attached hydrogens (tertiary/aromatic N) is 1. The Bertz CT molecular complexity index is 474. The van der Waals surface area contributed by atoms with Crippen LogP contribution in [0.15, 0.2) is 0 Å². The Morgan fingerprint density at radius 3 is 2.43 bits per heavy atom. The summed E-state index contributed by atoms with van der Waals surface area (Å²) in [5, 5.41) is 11.0. The number of hydrogen-bond acceptors (Lipinski definition) is 2. The van der Waals surface area contributed by atoms with Gasteiger partial charge in [-0.1, -0.05) is 20.8 Å². The summed E-state index contributed by atoms with van der Waals surface area (Å²) < 4.78 is 0. The van der Waals surface area contributed by atoms with Crippen LogP contribution >= 0.6 is 0 Å². The van der Waals surface area contributed by atoms with Crippen molar-refractivity contribution in [1.82, 2.24) is 4.90 Å². The van der Waals surface area contributed by atoms with Crippen molar-refractivity contribution in [2.45, 2.75) is 90.7 Å². The summed E-state index contributed by atoms with van der Waals surface area (Å²) in [5.41, 5.74) is 0.284. The van der Waals surface area contributed by atoms with Crippen LogP contribution in [0.1, 0.15) is 79.1 Å². The summed E-state index contributed by atoms with van der Waals surface area (Å²) in [6, 6.07) is 0.828. The summed E-state index contributed by atoms with van der Waals surface area (Å²) >= 11 is 0. The van der Waals surface area contributed by atoms with Gasteiger partial charge >= 0.3 is 0 Å². The van der Waals surface area contributed by atoms with E-state index in [-0.39, 0.29) is 5.41 Å². The van der Waals surface area contributed by atoms with Crippen LogP contribution in [-0.4, -0.2) is 34.7 Å². The summed E-state index contributed by atoms with van der Waals surface area (Å²) in [5.74, 6) is 2.55. The molecule has 3 aliphatic carbocycles. The zero-order valence-corrected chi connectivity index (χ0v) is 15.8. The van der Waals surface area contributed by atoms with E-state index in [1.54, 1.807) is 0 Å². The highest BCUT2D eigenvalue weighted by atomic mass is 16.3. The number of piperidine rings is 1. The van der Waals surface area contributed by atoms with Crippen molar-refractivity contribution >= 4 is 0 Å². The van der Waals surface area contributed by atoms with Gasteiger partial charge in [0.15, 0.2) is 0 Å². The lowest BCUT2D eigenvalue weighted by Gasteiger charge is -2.63. The van der Waals surface area contributed by atoms with Crippen LogP contribution in [0, 0.1) is 28.6 Å². The molecule has 0 unspecified atom stereocenters. The highest BCUT2D eigenvalue weighted by molar-refractivity contribution is 5.13. The van der Waals surface area contributed by atoms with Gasteiger partial charge in [-0.2, -0.15) is 0 Å². The number of likely N-dealkylation sites (tertiary alicyclic amines) is 1. The van der Waals surface area contributed by atoms with Crippen molar-refractivity contribution < 1.29 is 5.11 Å². The quantitative estimate of drug-likeness (QED) is 0.771. The van der Waals surface area contributed by atoms with Crippen molar-refractivity contribution in [2.24, 2.45) is 28.6 Å². The number of fused-ring (bicyclic) bond motifs is 5. The molecule has 3 saturated carbocycles. The van der Waals surface area contributed by atoms with Crippen LogP contribution in [0.2, 0.25) is 0 Å². The fraction of sp³-hybridized carbons (Fsp3) is 1.00. The highest BCUT2D eigenvalue weighted by Gasteiger charge is 2.63. The first kappa shape index (κ1) is 16.4. The molecule has 1 N–H and O–H groups in total. The van der Waals surface area contributed by atoms with Gasteiger partial charge in [-0.15, -0.1) is 0 Å². The van der Waals surface area contributed by atoms with Crippen LogP contribution in [0.25, 0.3) is 0 Å². The number of hydrogen-bond donors (Lipinski definition) is 1.